The molecule has 0 heterocycles. The van der Waals surface area contributed by atoms with Crippen LogP contribution in [0.4, 0.5) is 5.69 Å². The zero-order valence-corrected chi connectivity index (χ0v) is 10.5. The first-order valence-corrected chi connectivity index (χ1v) is 5.39. The number of hydrogen-bond acceptors (Lipinski definition) is 4. The second-order valence-electron chi connectivity index (χ2n) is 3.69. The van der Waals surface area contributed by atoms with Crippen molar-refractivity contribution < 1.29 is 24.2 Å². The SMILES string of the molecule is COc1ccc(NC(=O)C(NC(C)=O)C(=O)O)cc1. The van der Waals surface area contributed by atoms with Gasteiger partial charge in [-0.05, 0) is 24.3 Å². The van der Waals surface area contributed by atoms with E-state index >= 15 is 0 Å². The molecule has 0 aliphatic rings. The van der Waals surface area contributed by atoms with Crippen molar-refractivity contribution >= 4 is 23.5 Å². The number of benzene rings is 1. The zero-order valence-electron chi connectivity index (χ0n) is 10.5. The van der Waals surface area contributed by atoms with Crippen molar-refractivity contribution in [1.82, 2.24) is 5.32 Å². The Morgan fingerprint density at radius 3 is 2.21 bits per heavy atom. The number of carboxylic acids is 1. The number of carbonyl (C=O) groups is 3. The van der Waals surface area contributed by atoms with Gasteiger partial charge in [0.15, 0.2) is 0 Å². The molecule has 2 amide bonds. The van der Waals surface area contributed by atoms with Gasteiger partial charge < -0.3 is 20.5 Å². The Balaban J connectivity index is 2.75. The maximum absolute atomic E-state index is 11.7. The number of aliphatic carboxylic acids is 1. The maximum Gasteiger partial charge on any atom is 0.336 e. The molecule has 3 N–H and O–H groups in total. The number of nitrogens with one attached hydrogen (secondary N) is 2. The first-order chi connectivity index (χ1) is 8.93. The summed E-state index contributed by atoms with van der Waals surface area (Å²) < 4.78 is 4.95. The maximum atomic E-state index is 11.7. The van der Waals surface area contributed by atoms with E-state index in [9.17, 15) is 14.4 Å². The van der Waals surface area contributed by atoms with Crippen molar-refractivity contribution in [2.45, 2.75) is 13.0 Å². The van der Waals surface area contributed by atoms with Crippen LogP contribution in [0.5, 0.6) is 5.75 Å². The van der Waals surface area contributed by atoms with Gasteiger partial charge in [-0.1, -0.05) is 0 Å². The Morgan fingerprint density at radius 2 is 1.79 bits per heavy atom. The summed E-state index contributed by atoms with van der Waals surface area (Å²) in [5.41, 5.74) is 0.405. The predicted octanol–water partition coefficient (Wildman–Crippen LogP) is 0.223. The highest BCUT2D eigenvalue weighted by molar-refractivity contribution is 6.09. The second kappa shape index (κ2) is 6.39. The van der Waals surface area contributed by atoms with Gasteiger partial charge in [0, 0.05) is 12.6 Å². The third kappa shape index (κ3) is 4.30. The molecule has 1 rings (SSSR count). The molecule has 0 fully saturated rings. The summed E-state index contributed by atoms with van der Waals surface area (Å²) in [6, 6.07) is 4.72. The molecule has 1 unspecified atom stereocenters. The van der Waals surface area contributed by atoms with Gasteiger partial charge in [-0.25, -0.2) is 4.79 Å². The van der Waals surface area contributed by atoms with Crippen molar-refractivity contribution in [2.75, 3.05) is 12.4 Å². The molecule has 0 bridgehead atoms. The molecule has 0 aliphatic carbocycles. The van der Waals surface area contributed by atoms with Gasteiger partial charge in [0.2, 0.25) is 11.9 Å². The number of amides is 2. The van der Waals surface area contributed by atoms with Gasteiger partial charge >= 0.3 is 5.97 Å². The quantitative estimate of drug-likeness (QED) is 0.661. The van der Waals surface area contributed by atoms with Gasteiger partial charge in [-0.3, -0.25) is 9.59 Å². The highest BCUT2D eigenvalue weighted by Crippen LogP contribution is 2.15. The van der Waals surface area contributed by atoms with Crippen LogP contribution in [0.2, 0.25) is 0 Å². The topological polar surface area (TPSA) is 105 Å². The Labute approximate surface area is 109 Å². The van der Waals surface area contributed by atoms with Crippen LogP contribution in [0, 0.1) is 0 Å². The number of methoxy groups -OCH3 is 1. The lowest BCUT2D eigenvalue weighted by molar-refractivity contribution is -0.144. The molecule has 1 aromatic carbocycles. The third-order valence-corrected chi connectivity index (χ3v) is 2.21. The fourth-order valence-corrected chi connectivity index (χ4v) is 1.33. The summed E-state index contributed by atoms with van der Waals surface area (Å²) in [5.74, 6) is -2.25. The molecular formula is C12H14N2O5. The number of anilines is 1. The van der Waals surface area contributed by atoms with Crippen molar-refractivity contribution in [3.63, 3.8) is 0 Å². The van der Waals surface area contributed by atoms with E-state index in [1.807, 2.05) is 5.32 Å². The molecule has 0 aliphatic heterocycles. The molecule has 0 radical (unpaired) electrons. The first kappa shape index (κ1) is 14.5. The van der Waals surface area contributed by atoms with Crippen LogP contribution in [0.3, 0.4) is 0 Å². The summed E-state index contributed by atoms with van der Waals surface area (Å²) in [4.78, 5) is 33.4. The number of ether oxygens (including phenoxy) is 1. The summed E-state index contributed by atoms with van der Waals surface area (Å²) >= 11 is 0. The summed E-state index contributed by atoms with van der Waals surface area (Å²) in [5, 5.41) is 13.3. The highest BCUT2D eigenvalue weighted by Gasteiger charge is 2.26. The third-order valence-electron chi connectivity index (χ3n) is 2.21. The number of hydrogen-bond donors (Lipinski definition) is 3. The van der Waals surface area contributed by atoms with E-state index in [1.165, 1.54) is 7.11 Å². The monoisotopic (exact) mass is 266 g/mol. The van der Waals surface area contributed by atoms with E-state index in [0.717, 1.165) is 6.92 Å². The Kier molecular flexibility index (Phi) is 4.87. The number of rotatable bonds is 5. The fourth-order valence-electron chi connectivity index (χ4n) is 1.33. The molecule has 0 aromatic heterocycles. The van der Waals surface area contributed by atoms with E-state index in [2.05, 4.69) is 5.32 Å². The summed E-state index contributed by atoms with van der Waals surface area (Å²) in [6.45, 7) is 1.14. The van der Waals surface area contributed by atoms with Crippen LogP contribution >= 0.6 is 0 Å². The van der Waals surface area contributed by atoms with E-state index in [-0.39, 0.29) is 0 Å². The highest BCUT2D eigenvalue weighted by atomic mass is 16.5. The fraction of sp³-hybridized carbons (Fsp3) is 0.250. The van der Waals surface area contributed by atoms with E-state index in [4.69, 9.17) is 9.84 Å². The Morgan fingerprint density at radius 1 is 1.21 bits per heavy atom. The molecule has 7 heteroatoms. The minimum Gasteiger partial charge on any atom is -0.497 e. The van der Waals surface area contributed by atoms with Gasteiger partial charge in [0.25, 0.3) is 5.91 Å². The van der Waals surface area contributed by atoms with Gasteiger partial charge in [-0.2, -0.15) is 0 Å². The lowest BCUT2D eigenvalue weighted by Gasteiger charge is -2.13. The minimum absolute atomic E-state index is 0.405. The average Bonchev–Trinajstić information content (AvgIpc) is 2.36. The lowest BCUT2D eigenvalue weighted by Crippen LogP contribution is -2.48. The molecule has 0 saturated carbocycles. The smallest absolute Gasteiger partial charge is 0.336 e. The van der Waals surface area contributed by atoms with E-state index in [1.54, 1.807) is 24.3 Å². The van der Waals surface area contributed by atoms with Gasteiger partial charge in [0.1, 0.15) is 5.75 Å². The summed E-state index contributed by atoms with van der Waals surface area (Å²) in [6.07, 6.45) is 0. The molecule has 1 aromatic rings. The number of carbonyl (C=O) groups excluding carboxylic acids is 2. The van der Waals surface area contributed by atoms with Crippen LogP contribution in [0.1, 0.15) is 6.92 Å². The van der Waals surface area contributed by atoms with Crippen molar-refractivity contribution in [3.05, 3.63) is 24.3 Å². The molecular weight excluding hydrogens is 252 g/mol. The largest absolute Gasteiger partial charge is 0.497 e. The normalized spacial score (nSPS) is 11.3. The minimum atomic E-state index is -1.63. The van der Waals surface area contributed by atoms with Crippen LogP contribution in [-0.2, 0) is 14.4 Å². The van der Waals surface area contributed by atoms with Crippen LogP contribution in [0.15, 0.2) is 24.3 Å². The van der Waals surface area contributed by atoms with Gasteiger partial charge in [0.05, 0.1) is 7.11 Å². The summed E-state index contributed by atoms with van der Waals surface area (Å²) in [7, 11) is 1.50. The lowest BCUT2D eigenvalue weighted by atomic mass is 10.2. The van der Waals surface area contributed by atoms with Crippen LogP contribution < -0.4 is 15.4 Å². The van der Waals surface area contributed by atoms with Crippen molar-refractivity contribution in [1.29, 1.82) is 0 Å². The second-order valence-corrected chi connectivity index (χ2v) is 3.69. The Bertz CT molecular complexity index is 483. The molecule has 0 saturated heterocycles. The molecule has 19 heavy (non-hydrogen) atoms. The molecule has 102 valence electrons. The predicted molar refractivity (Wildman–Crippen MR) is 66.9 cm³/mol. The first-order valence-electron chi connectivity index (χ1n) is 5.39. The molecule has 1 atom stereocenters. The van der Waals surface area contributed by atoms with Crippen LogP contribution in [0.25, 0.3) is 0 Å². The molecule has 7 nitrogen and oxygen atoms in total. The van der Waals surface area contributed by atoms with Crippen LogP contribution in [-0.4, -0.2) is 36.0 Å². The van der Waals surface area contributed by atoms with Crippen molar-refractivity contribution in [3.8, 4) is 5.75 Å². The van der Waals surface area contributed by atoms with E-state index < -0.39 is 23.8 Å². The molecule has 0 spiro atoms. The number of carboxylic acid groups (broad SMARTS) is 1. The standard InChI is InChI=1S/C12H14N2O5/c1-7(15)13-10(12(17)18)11(16)14-8-3-5-9(19-2)6-4-8/h3-6,10H,1-2H3,(H,13,15)(H,14,16)(H,17,18). The average molecular weight is 266 g/mol. The van der Waals surface area contributed by atoms with E-state index in [0.29, 0.717) is 11.4 Å². The Hall–Kier alpha value is -2.57. The van der Waals surface area contributed by atoms with Crippen molar-refractivity contribution in [2.24, 2.45) is 0 Å². The van der Waals surface area contributed by atoms with Gasteiger partial charge in [-0.15, -0.1) is 0 Å². The zero-order chi connectivity index (χ0) is 14.4.